The van der Waals surface area contributed by atoms with Gasteiger partial charge in [0, 0.05) is 24.9 Å². The number of rotatable bonds is 10. The monoisotopic (exact) mass is 373 g/mol. The van der Waals surface area contributed by atoms with E-state index >= 15 is 0 Å². The maximum atomic E-state index is 12.7. The third-order valence-electron chi connectivity index (χ3n) is 5.41. The van der Waals surface area contributed by atoms with Gasteiger partial charge in [0.05, 0.1) is 0 Å². The molecule has 0 N–H and O–H groups in total. The van der Waals surface area contributed by atoms with Crippen molar-refractivity contribution in [2.45, 2.75) is 96.7 Å². The fourth-order valence-electron chi connectivity index (χ4n) is 3.93. The van der Waals surface area contributed by atoms with E-state index in [0.29, 0.717) is 12.8 Å². The van der Waals surface area contributed by atoms with Crippen LogP contribution in [-0.2, 0) is 16.1 Å². The molecule has 1 aliphatic heterocycles. The normalized spacial score (nSPS) is 19.9. The third kappa shape index (κ3) is 7.36. The summed E-state index contributed by atoms with van der Waals surface area (Å²) in [6.07, 6.45) is 10.2. The molecule has 2 atom stereocenters. The molecule has 0 aromatic heterocycles. The van der Waals surface area contributed by atoms with Crippen molar-refractivity contribution in [1.29, 1.82) is 0 Å². The molecular formula is C23H35NO3. The predicted octanol–water partition coefficient (Wildman–Crippen LogP) is 5.89. The molecule has 1 fully saturated rings. The number of piperidine rings is 1. The summed E-state index contributed by atoms with van der Waals surface area (Å²) in [6.45, 7) is 4.46. The van der Waals surface area contributed by atoms with E-state index in [-0.39, 0.29) is 30.6 Å². The Balaban J connectivity index is 1.82. The first kappa shape index (κ1) is 21.5. The van der Waals surface area contributed by atoms with E-state index in [1.807, 2.05) is 42.2 Å². The molecule has 1 saturated heterocycles. The number of ketones is 1. The molecule has 1 aromatic rings. The molecule has 1 aromatic carbocycles. The number of amides is 1. The van der Waals surface area contributed by atoms with Crippen LogP contribution < -0.4 is 0 Å². The number of benzene rings is 1. The second-order valence-corrected chi connectivity index (χ2v) is 7.81. The van der Waals surface area contributed by atoms with Crippen molar-refractivity contribution in [3.05, 3.63) is 35.9 Å². The summed E-state index contributed by atoms with van der Waals surface area (Å²) in [5, 5.41) is 0. The van der Waals surface area contributed by atoms with Gasteiger partial charge < -0.3 is 9.64 Å². The molecule has 0 saturated carbocycles. The highest BCUT2D eigenvalue weighted by Crippen LogP contribution is 2.26. The molecule has 2 rings (SSSR count). The minimum atomic E-state index is -0.285. The molecule has 0 unspecified atom stereocenters. The summed E-state index contributed by atoms with van der Waals surface area (Å²) in [6, 6.07) is 9.63. The van der Waals surface area contributed by atoms with Gasteiger partial charge >= 0.3 is 6.09 Å². The summed E-state index contributed by atoms with van der Waals surface area (Å²) in [5.74, 6) is 0.266. The largest absolute Gasteiger partial charge is 0.445 e. The average molecular weight is 374 g/mol. The molecule has 4 nitrogen and oxygen atoms in total. The topological polar surface area (TPSA) is 46.6 Å². The quantitative estimate of drug-likeness (QED) is 0.481. The smallest absolute Gasteiger partial charge is 0.410 e. The van der Waals surface area contributed by atoms with Crippen LogP contribution in [0.25, 0.3) is 0 Å². The highest BCUT2D eigenvalue weighted by molar-refractivity contribution is 5.83. The Morgan fingerprint density at radius 3 is 2.41 bits per heavy atom. The Kier molecular flexibility index (Phi) is 9.37. The van der Waals surface area contributed by atoms with E-state index in [2.05, 4.69) is 6.92 Å². The van der Waals surface area contributed by atoms with Gasteiger partial charge in [0.15, 0.2) is 0 Å². The van der Waals surface area contributed by atoms with Gasteiger partial charge in [-0.2, -0.15) is 0 Å². The molecule has 0 spiro atoms. The Bertz CT molecular complexity index is 572. The van der Waals surface area contributed by atoms with Gasteiger partial charge in [0.2, 0.25) is 0 Å². The zero-order valence-electron chi connectivity index (χ0n) is 17.0. The summed E-state index contributed by atoms with van der Waals surface area (Å²) >= 11 is 0. The van der Waals surface area contributed by atoms with Gasteiger partial charge in [0.1, 0.15) is 12.4 Å². The number of ether oxygens (including phenoxy) is 1. The molecule has 150 valence electrons. The van der Waals surface area contributed by atoms with Crippen LogP contribution in [0.1, 0.15) is 83.6 Å². The van der Waals surface area contributed by atoms with Crippen molar-refractivity contribution in [3.8, 4) is 0 Å². The van der Waals surface area contributed by atoms with Gasteiger partial charge in [-0.25, -0.2) is 4.79 Å². The Morgan fingerprint density at radius 2 is 1.70 bits per heavy atom. The molecule has 1 aliphatic rings. The summed E-state index contributed by atoms with van der Waals surface area (Å²) in [7, 11) is 0. The molecule has 1 amide bonds. The number of hydrogen-bond acceptors (Lipinski definition) is 3. The SMILES string of the molecule is CCCCCCCCC[C@H]1CC(=O)C[C@@H](C)N1C(=O)OCc1ccccc1. The predicted molar refractivity (Wildman–Crippen MR) is 109 cm³/mol. The molecule has 0 aliphatic carbocycles. The molecule has 1 heterocycles. The molecule has 27 heavy (non-hydrogen) atoms. The zero-order chi connectivity index (χ0) is 19.5. The first-order chi connectivity index (χ1) is 13.1. The van der Waals surface area contributed by atoms with E-state index in [9.17, 15) is 9.59 Å². The van der Waals surface area contributed by atoms with Crippen LogP contribution >= 0.6 is 0 Å². The number of Topliss-reactive ketones (excluding diaryl/α,β-unsaturated/α-hetero) is 1. The van der Waals surface area contributed by atoms with E-state index in [4.69, 9.17) is 4.74 Å². The lowest BCUT2D eigenvalue weighted by molar-refractivity contribution is -0.124. The lowest BCUT2D eigenvalue weighted by Gasteiger charge is -2.39. The van der Waals surface area contributed by atoms with E-state index in [1.54, 1.807) is 0 Å². The van der Waals surface area contributed by atoms with Crippen molar-refractivity contribution >= 4 is 11.9 Å². The number of nitrogens with zero attached hydrogens (tertiary/aromatic N) is 1. The van der Waals surface area contributed by atoms with Crippen LogP contribution in [0.2, 0.25) is 0 Å². The first-order valence-electron chi connectivity index (χ1n) is 10.6. The fourth-order valence-corrected chi connectivity index (χ4v) is 3.93. The summed E-state index contributed by atoms with van der Waals surface area (Å²) in [4.78, 5) is 26.6. The number of carbonyl (C=O) groups is 2. The van der Waals surface area contributed by atoms with E-state index in [0.717, 1.165) is 18.4 Å². The van der Waals surface area contributed by atoms with Crippen LogP contribution in [0.4, 0.5) is 4.79 Å². The van der Waals surface area contributed by atoms with E-state index < -0.39 is 0 Å². The highest BCUT2D eigenvalue weighted by Gasteiger charge is 2.36. The third-order valence-corrected chi connectivity index (χ3v) is 5.41. The molecule has 0 bridgehead atoms. The minimum Gasteiger partial charge on any atom is -0.445 e. The van der Waals surface area contributed by atoms with Gasteiger partial charge in [-0.1, -0.05) is 82.2 Å². The van der Waals surface area contributed by atoms with Gasteiger partial charge in [-0.05, 0) is 18.9 Å². The van der Waals surface area contributed by atoms with Crippen molar-refractivity contribution < 1.29 is 14.3 Å². The van der Waals surface area contributed by atoms with Crippen molar-refractivity contribution in [2.75, 3.05) is 0 Å². The van der Waals surface area contributed by atoms with Gasteiger partial charge in [-0.3, -0.25) is 4.79 Å². The van der Waals surface area contributed by atoms with Gasteiger partial charge in [-0.15, -0.1) is 0 Å². The van der Waals surface area contributed by atoms with Gasteiger partial charge in [0.25, 0.3) is 0 Å². The summed E-state index contributed by atoms with van der Waals surface area (Å²) in [5.41, 5.74) is 0.982. The standard InChI is InChI=1S/C23H35NO3/c1-3-4-5-6-7-8-12-15-21-17-22(25)16-19(2)24(21)23(26)27-18-20-13-10-9-11-14-20/h9-11,13-14,19,21H,3-8,12,15-18H2,1-2H3/t19-,21+/m1/s1. The van der Waals surface area contributed by atoms with Crippen LogP contribution in [-0.4, -0.2) is 28.9 Å². The van der Waals surface area contributed by atoms with Crippen LogP contribution in [0.15, 0.2) is 30.3 Å². The minimum absolute atomic E-state index is 0.0137. The fraction of sp³-hybridized carbons (Fsp3) is 0.652. The number of carbonyl (C=O) groups excluding carboxylic acids is 2. The van der Waals surface area contributed by atoms with E-state index in [1.165, 1.54) is 38.5 Å². The maximum absolute atomic E-state index is 12.7. The lowest BCUT2D eigenvalue weighted by atomic mass is 9.92. The summed E-state index contributed by atoms with van der Waals surface area (Å²) < 4.78 is 5.55. The van der Waals surface area contributed by atoms with Crippen LogP contribution in [0, 0.1) is 0 Å². The molecule has 4 heteroatoms. The lowest BCUT2D eigenvalue weighted by Crippen LogP contribution is -2.51. The molecule has 0 radical (unpaired) electrons. The Labute approximate surface area is 164 Å². The van der Waals surface area contributed by atoms with Crippen molar-refractivity contribution in [1.82, 2.24) is 4.90 Å². The highest BCUT2D eigenvalue weighted by atomic mass is 16.6. The number of unbranched alkanes of at least 4 members (excludes halogenated alkanes) is 6. The van der Waals surface area contributed by atoms with Crippen LogP contribution in [0.5, 0.6) is 0 Å². The Hall–Kier alpha value is -1.84. The zero-order valence-corrected chi connectivity index (χ0v) is 17.0. The number of likely N-dealkylation sites (tertiary alicyclic amines) is 1. The van der Waals surface area contributed by atoms with Crippen molar-refractivity contribution in [3.63, 3.8) is 0 Å². The van der Waals surface area contributed by atoms with Crippen molar-refractivity contribution in [2.24, 2.45) is 0 Å². The molecular weight excluding hydrogens is 338 g/mol. The first-order valence-corrected chi connectivity index (χ1v) is 10.6. The second kappa shape index (κ2) is 11.8. The Morgan fingerprint density at radius 1 is 1.04 bits per heavy atom. The second-order valence-electron chi connectivity index (χ2n) is 7.81. The number of hydrogen-bond donors (Lipinski definition) is 0. The average Bonchev–Trinajstić information content (AvgIpc) is 2.66. The maximum Gasteiger partial charge on any atom is 0.410 e. The van der Waals surface area contributed by atoms with Crippen LogP contribution in [0.3, 0.4) is 0 Å².